The molecule has 5 heteroatoms. The number of rotatable bonds is 4. The molecule has 0 bridgehead atoms. The first-order valence-corrected chi connectivity index (χ1v) is 8.31. The molecule has 1 aromatic carbocycles. The minimum absolute atomic E-state index is 0.133. The molecule has 0 heterocycles. The molecule has 18 heavy (non-hydrogen) atoms. The SMILES string of the molecule is CC1(NCc2c(Cl)cccc2S(C)(=O)=O)CCC1. The molecular weight excluding hydrogens is 270 g/mol. The van der Waals surface area contributed by atoms with E-state index < -0.39 is 9.84 Å². The molecule has 1 fully saturated rings. The van der Waals surface area contributed by atoms with Crippen molar-refractivity contribution in [2.24, 2.45) is 0 Å². The standard InChI is InChI=1S/C13H18ClNO2S/c1-13(7-4-8-13)15-9-10-11(14)5-3-6-12(10)18(2,16)17/h3,5-6,15H,4,7-9H2,1-2H3. The zero-order valence-electron chi connectivity index (χ0n) is 10.7. The van der Waals surface area contributed by atoms with Gasteiger partial charge in [0.1, 0.15) is 0 Å². The number of hydrogen-bond acceptors (Lipinski definition) is 3. The second-order valence-electron chi connectivity index (χ2n) is 5.26. The molecule has 2 rings (SSSR count). The van der Waals surface area contributed by atoms with Crippen molar-refractivity contribution in [1.82, 2.24) is 5.32 Å². The van der Waals surface area contributed by atoms with Gasteiger partial charge in [-0.3, -0.25) is 0 Å². The number of nitrogens with one attached hydrogen (secondary N) is 1. The minimum atomic E-state index is -3.24. The van der Waals surface area contributed by atoms with E-state index in [0.29, 0.717) is 22.0 Å². The van der Waals surface area contributed by atoms with E-state index in [1.165, 1.54) is 12.7 Å². The van der Waals surface area contributed by atoms with Crippen molar-refractivity contribution in [3.05, 3.63) is 28.8 Å². The first-order valence-electron chi connectivity index (χ1n) is 6.04. The van der Waals surface area contributed by atoms with Crippen LogP contribution in [0.2, 0.25) is 5.02 Å². The molecule has 1 aromatic rings. The lowest BCUT2D eigenvalue weighted by Gasteiger charge is -2.39. The molecule has 1 aliphatic rings. The fourth-order valence-electron chi connectivity index (χ4n) is 2.24. The highest BCUT2D eigenvalue weighted by Gasteiger charge is 2.31. The van der Waals surface area contributed by atoms with Crippen LogP contribution < -0.4 is 5.32 Å². The molecule has 1 N–H and O–H groups in total. The van der Waals surface area contributed by atoms with Gasteiger partial charge in [0.15, 0.2) is 9.84 Å². The zero-order valence-corrected chi connectivity index (χ0v) is 12.2. The van der Waals surface area contributed by atoms with E-state index in [1.54, 1.807) is 18.2 Å². The average molecular weight is 288 g/mol. The molecule has 0 aliphatic heterocycles. The highest BCUT2D eigenvalue weighted by Crippen LogP contribution is 2.32. The number of halogens is 1. The van der Waals surface area contributed by atoms with Crippen molar-refractivity contribution >= 4 is 21.4 Å². The average Bonchev–Trinajstić information content (AvgIpc) is 2.23. The Hall–Kier alpha value is -0.580. The van der Waals surface area contributed by atoms with Crippen molar-refractivity contribution in [1.29, 1.82) is 0 Å². The van der Waals surface area contributed by atoms with Gasteiger partial charge >= 0.3 is 0 Å². The first kappa shape index (κ1) is 13.8. The molecule has 1 aliphatic carbocycles. The largest absolute Gasteiger partial charge is 0.307 e. The summed E-state index contributed by atoms with van der Waals surface area (Å²) >= 11 is 6.12. The van der Waals surface area contributed by atoms with Crippen molar-refractivity contribution in [3.63, 3.8) is 0 Å². The fraction of sp³-hybridized carbons (Fsp3) is 0.538. The Labute approximate surface area is 113 Å². The molecular formula is C13H18ClNO2S. The van der Waals surface area contributed by atoms with E-state index in [-0.39, 0.29) is 5.54 Å². The molecule has 3 nitrogen and oxygen atoms in total. The van der Waals surface area contributed by atoms with Gasteiger partial charge in [0.05, 0.1) is 4.90 Å². The van der Waals surface area contributed by atoms with E-state index in [9.17, 15) is 8.42 Å². The molecule has 0 aromatic heterocycles. The molecule has 1 saturated carbocycles. The van der Waals surface area contributed by atoms with Crippen LogP contribution in [-0.2, 0) is 16.4 Å². The van der Waals surface area contributed by atoms with Crippen molar-refractivity contribution in [3.8, 4) is 0 Å². The van der Waals surface area contributed by atoms with Crippen LogP contribution in [0.15, 0.2) is 23.1 Å². The van der Waals surface area contributed by atoms with Crippen LogP contribution in [0, 0.1) is 0 Å². The predicted octanol–water partition coefficient (Wildman–Crippen LogP) is 2.78. The Morgan fingerprint density at radius 3 is 2.56 bits per heavy atom. The third kappa shape index (κ3) is 2.87. The molecule has 0 unspecified atom stereocenters. The molecule has 100 valence electrons. The van der Waals surface area contributed by atoms with Gasteiger partial charge in [0.2, 0.25) is 0 Å². The number of sulfone groups is 1. The van der Waals surface area contributed by atoms with E-state index in [0.717, 1.165) is 12.8 Å². The highest BCUT2D eigenvalue weighted by molar-refractivity contribution is 7.90. The summed E-state index contributed by atoms with van der Waals surface area (Å²) in [6.07, 6.45) is 4.70. The van der Waals surface area contributed by atoms with Crippen LogP contribution in [0.3, 0.4) is 0 Å². The Morgan fingerprint density at radius 1 is 1.39 bits per heavy atom. The third-order valence-corrected chi connectivity index (χ3v) is 5.16. The van der Waals surface area contributed by atoms with Crippen LogP contribution >= 0.6 is 11.6 Å². The topological polar surface area (TPSA) is 46.2 Å². The monoisotopic (exact) mass is 287 g/mol. The van der Waals surface area contributed by atoms with E-state index in [4.69, 9.17) is 11.6 Å². The van der Waals surface area contributed by atoms with Crippen LogP contribution in [0.25, 0.3) is 0 Å². The van der Waals surface area contributed by atoms with Gasteiger partial charge in [-0.15, -0.1) is 0 Å². The second-order valence-corrected chi connectivity index (χ2v) is 7.65. The van der Waals surface area contributed by atoms with E-state index in [2.05, 4.69) is 12.2 Å². The van der Waals surface area contributed by atoms with E-state index >= 15 is 0 Å². The van der Waals surface area contributed by atoms with Gasteiger partial charge in [0.25, 0.3) is 0 Å². The second kappa shape index (κ2) is 4.83. The molecule has 0 radical (unpaired) electrons. The highest BCUT2D eigenvalue weighted by atomic mass is 35.5. The van der Waals surface area contributed by atoms with Gasteiger partial charge in [-0.2, -0.15) is 0 Å². The summed E-state index contributed by atoms with van der Waals surface area (Å²) in [4.78, 5) is 0.324. The Morgan fingerprint density at radius 2 is 2.06 bits per heavy atom. The van der Waals surface area contributed by atoms with Crippen LogP contribution in [0.4, 0.5) is 0 Å². The molecule has 0 saturated heterocycles. The quantitative estimate of drug-likeness (QED) is 0.926. The van der Waals surface area contributed by atoms with Gasteiger partial charge in [0, 0.05) is 28.9 Å². The number of hydrogen-bond donors (Lipinski definition) is 1. The normalized spacial score (nSPS) is 18.4. The van der Waals surface area contributed by atoms with E-state index in [1.807, 2.05) is 0 Å². The fourth-order valence-corrected chi connectivity index (χ4v) is 3.50. The first-order chi connectivity index (χ1) is 8.32. The predicted molar refractivity (Wildman–Crippen MR) is 73.7 cm³/mol. The maximum absolute atomic E-state index is 11.7. The molecule has 0 atom stereocenters. The summed E-state index contributed by atoms with van der Waals surface area (Å²) in [6, 6.07) is 5.02. The molecule has 0 amide bonds. The van der Waals surface area contributed by atoms with Gasteiger partial charge in [-0.05, 0) is 38.3 Å². The molecule has 0 spiro atoms. The van der Waals surface area contributed by atoms with Crippen LogP contribution in [0.5, 0.6) is 0 Å². The summed E-state index contributed by atoms with van der Waals surface area (Å²) in [5.74, 6) is 0. The Kier molecular flexibility index (Phi) is 3.72. The lowest BCUT2D eigenvalue weighted by molar-refractivity contribution is 0.206. The van der Waals surface area contributed by atoms with Crippen molar-refractivity contribution < 1.29 is 8.42 Å². The Balaban J connectivity index is 2.26. The number of benzene rings is 1. The lowest BCUT2D eigenvalue weighted by Crippen LogP contribution is -2.47. The van der Waals surface area contributed by atoms with Gasteiger partial charge in [-0.1, -0.05) is 17.7 Å². The summed E-state index contributed by atoms with van der Waals surface area (Å²) in [5, 5.41) is 3.92. The van der Waals surface area contributed by atoms with Gasteiger partial charge in [-0.25, -0.2) is 8.42 Å². The summed E-state index contributed by atoms with van der Waals surface area (Å²) in [6.45, 7) is 2.66. The minimum Gasteiger partial charge on any atom is -0.307 e. The maximum atomic E-state index is 11.7. The summed E-state index contributed by atoms with van der Waals surface area (Å²) in [7, 11) is -3.24. The van der Waals surface area contributed by atoms with Gasteiger partial charge < -0.3 is 5.32 Å². The Bertz CT molecular complexity index is 550. The summed E-state index contributed by atoms with van der Waals surface area (Å²) in [5.41, 5.74) is 0.809. The smallest absolute Gasteiger partial charge is 0.175 e. The van der Waals surface area contributed by atoms with Crippen LogP contribution in [-0.4, -0.2) is 20.2 Å². The van der Waals surface area contributed by atoms with Crippen molar-refractivity contribution in [2.45, 2.75) is 43.2 Å². The summed E-state index contributed by atoms with van der Waals surface area (Å²) < 4.78 is 23.5. The van der Waals surface area contributed by atoms with Crippen molar-refractivity contribution in [2.75, 3.05) is 6.26 Å². The lowest BCUT2D eigenvalue weighted by atomic mass is 9.78. The third-order valence-electron chi connectivity index (χ3n) is 3.62. The van der Waals surface area contributed by atoms with Crippen LogP contribution in [0.1, 0.15) is 31.7 Å². The zero-order chi connectivity index (χ0) is 13.4. The maximum Gasteiger partial charge on any atom is 0.175 e.